The second-order valence-corrected chi connectivity index (χ2v) is 7.75. The van der Waals surface area contributed by atoms with E-state index in [0.29, 0.717) is 31.7 Å². The van der Waals surface area contributed by atoms with Gasteiger partial charge in [-0.1, -0.05) is 30.3 Å². The summed E-state index contributed by atoms with van der Waals surface area (Å²) in [5, 5.41) is 9.33. The summed E-state index contributed by atoms with van der Waals surface area (Å²) in [5.74, 6) is 0.631. The molecule has 1 saturated heterocycles. The van der Waals surface area contributed by atoms with Crippen LogP contribution in [0.4, 0.5) is 0 Å². The summed E-state index contributed by atoms with van der Waals surface area (Å²) in [4.78, 5) is 33.8. The lowest BCUT2D eigenvalue weighted by Crippen LogP contribution is -2.46. The Morgan fingerprint density at radius 2 is 1.87 bits per heavy atom. The largest absolute Gasteiger partial charge is 0.484 e. The number of imidazole rings is 1. The lowest BCUT2D eigenvalue weighted by atomic mass is 9.81. The van der Waals surface area contributed by atoms with Gasteiger partial charge in [0.25, 0.3) is 5.91 Å². The first-order valence-electron chi connectivity index (χ1n) is 10.2. The lowest BCUT2D eigenvalue weighted by Gasteiger charge is -2.38. The van der Waals surface area contributed by atoms with E-state index in [1.807, 2.05) is 54.6 Å². The molecule has 0 aliphatic carbocycles. The molecule has 1 amide bonds. The first-order chi connectivity index (χ1) is 14.6. The Morgan fingerprint density at radius 3 is 2.63 bits per heavy atom. The Bertz CT molecular complexity index is 984. The second-order valence-electron chi connectivity index (χ2n) is 7.75. The molecule has 1 aliphatic heterocycles. The fourth-order valence-electron chi connectivity index (χ4n) is 4.14. The summed E-state index contributed by atoms with van der Waals surface area (Å²) in [6, 6.07) is 17.1. The standard InChI is InChI=1S/C23H25N3O4/c27-22(15-30-18-6-2-1-3-7-18)26-11-10-16(13-23(28)29)17(14-26)12-21-24-19-8-4-5-9-20(19)25-21/h1-9,16-17H,10-15H2,(H,24,25)(H,28,29). The normalized spacial score (nSPS) is 19.0. The highest BCUT2D eigenvalue weighted by Crippen LogP contribution is 2.30. The van der Waals surface area contributed by atoms with Crippen LogP contribution in [0.25, 0.3) is 11.0 Å². The monoisotopic (exact) mass is 407 g/mol. The highest BCUT2D eigenvalue weighted by atomic mass is 16.5. The molecule has 2 aromatic carbocycles. The number of piperidine rings is 1. The number of H-pyrrole nitrogens is 1. The zero-order chi connectivity index (χ0) is 20.9. The van der Waals surface area contributed by atoms with Crippen molar-refractivity contribution in [2.45, 2.75) is 19.3 Å². The summed E-state index contributed by atoms with van der Waals surface area (Å²) in [6.45, 7) is 1.03. The number of para-hydroxylation sites is 3. The number of hydrogen-bond donors (Lipinski definition) is 2. The van der Waals surface area contributed by atoms with Gasteiger partial charge in [-0.3, -0.25) is 9.59 Å². The highest BCUT2D eigenvalue weighted by molar-refractivity contribution is 5.78. The predicted molar refractivity (Wildman–Crippen MR) is 112 cm³/mol. The Hall–Kier alpha value is -3.35. The summed E-state index contributed by atoms with van der Waals surface area (Å²) in [5.41, 5.74) is 1.85. The number of carbonyl (C=O) groups is 2. The van der Waals surface area contributed by atoms with E-state index in [1.54, 1.807) is 4.90 Å². The lowest BCUT2D eigenvalue weighted by molar-refractivity contribution is -0.140. The Morgan fingerprint density at radius 1 is 1.10 bits per heavy atom. The number of fused-ring (bicyclic) bond motifs is 1. The van der Waals surface area contributed by atoms with Gasteiger partial charge in [0.1, 0.15) is 11.6 Å². The minimum atomic E-state index is -0.804. The Labute approximate surface area is 174 Å². The number of aliphatic carboxylic acids is 1. The topological polar surface area (TPSA) is 95.5 Å². The highest BCUT2D eigenvalue weighted by Gasteiger charge is 2.33. The van der Waals surface area contributed by atoms with Gasteiger partial charge >= 0.3 is 5.97 Å². The van der Waals surface area contributed by atoms with E-state index >= 15 is 0 Å². The molecule has 30 heavy (non-hydrogen) atoms. The van der Waals surface area contributed by atoms with Crippen molar-refractivity contribution in [3.8, 4) is 5.75 Å². The van der Waals surface area contributed by atoms with Crippen molar-refractivity contribution in [2.75, 3.05) is 19.7 Å². The molecule has 0 spiro atoms. The Kier molecular flexibility index (Phi) is 5.97. The van der Waals surface area contributed by atoms with Crippen molar-refractivity contribution in [3.63, 3.8) is 0 Å². The van der Waals surface area contributed by atoms with Crippen molar-refractivity contribution >= 4 is 22.9 Å². The predicted octanol–water partition coefficient (Wildman–Crippen LogP) is 3.12. The van der Waals surface area contributed by atoms with Gasteiger partial charge in [-0.15, -0.1) is 0 Å². The average molecular weight is 407 g/mol. The van der Waals surface area contributed by atoms with Gasteiger partial charge in [0.2, 0.25) is 0 Å². The molecule has 3 aromatic rings. The molecule has 2 heterocycles. The van der Waals surface area contributed by atoms with Crippen LogP contribution in [0.3, 0.4) is 0 Å². The number of carbonyl (C=O) groups excluding carboxylic acids is 1. The number of amides is 1. The summed E-state index contributed by atoms with van der Waals surface area (Å²) in [6.07, 6.45) is 1.37. The van der Waals surface area contributed by atoms with Crippen LogP contribution < -0.4 is 4.74 Å². The second kappa shape index (κ2) is 8.98. The van der Waals surface area contributed by atoms with Crippen LogP contribution in [0.2, 0.25) is 0 Å². The van der Waals surface area contributed by atoms with Crippen LogP contribution >= 0.6 is 0 Å². The molecular weight excluding hydrogens is 382 g/mol. The fourth-order valence-corrected chi connectivity index (χ4v) is 4.14. The summed E-state index contributed by atoms with van der Waals surface area (Å²) < 4.78 is 5.60. The first kappa shape index (κ1) is 19.9. The average Bonchev–Trinajstić information content (AvgIpc) is 3.16. The van der Waals surface area contributed by atoms with Crippen LogP contribution in [0, 0.1) is 11.8 Å². The van der Waals surface area contributed by atoms with Gasteiger partial charge in [-0.25, -0.2) is 4.98 Å². The molecule has 7 nitrogen and oxygen atoms in total. The third-order valence-corrected chi connectivity index (χ3v) is 5.68. The van der Waals surface area contributed by atoms with Crippen LogP contribution in [-0.4, -0.2) is 51.5 Å². The van der Waals surface area contributed by atoms with Crippen molar-refractivity contribution in [2.24, 2.45) is 11.8 Å². The molecule has 2 N–H and O–H groups in total. The molecule has 156 valence electrons. The number of likely N-dealkylation sites (tertiary alicyclic amines) is 1. The van der Waals surface area contributed by atoms with Crippen molar-refractivity contribution in [1.82, 2.24) is 14.9 Å². The number of nitrogens with zero attached hydrogens (tertiary/aromatic N) is 2. The van der Waals surface area contributed by atoms with E-state index < -0.39 is 5.97 Å². The zero-order valence-electron chi connectivity index (χ0n) is 16.7. The number of nitrogens with one attached hydrogen (secondary N) is 1. The number of aromatic nitrogens is 2. The van der Waals surface area contributed by atoms with Crippen LogP contribution in [0.15, 0.2) is 54.6 Å². The van der Waals surface area contributed by atoms with E-state index in [1.165, 1.54) is 0 Å². The fraction of sp³-hybridized carbons (Fsp3) is 0.348. The minimum absolute atomic E-state index is 0.00908. The van der Waals surface area contributed by atoms with Gasteiger partial charge in [0.05, 0.1) is 11.0 Å². The third kappa shape index (κ3) is 4.79. The number of carboxylic acids is 1. The molecule has 1 fully saturated rings. The smallest absolute Gasteiger partial charge is 0.303 e. The molecular formula is C23H25N3O4. The maximum atomic E-state index is 12.7. The first-order valence-corrected chi connectivity index (χ1v) is 10.2. The van der Waals surface area contributed by atoms with Gasteiger partial charge in [-0.2, -0.15) is 0 Å². The summed E-state index contributed by atoms with van der Waals surface area (Å²) >= 11 is 0. The maximum absolute atomic E-state index is 12.7. The zero-order valence-corrected chi connectivity index (χ0v) is 16.7. The quantitative estimate of drug-likeness (QED) is 0.627. The number of hydrogen-bond acceptors (Lipinski definition) is 4. The number of ether oxygens (including phenoxy) is 1. The number of carboxylic acid groups (broad SMARTS) is 1. The van der Waals surface area contributed by atoms with E-state index in [4.69, 9.17) is 4.74 Å². The maximum Gasteiger partial charge on any atom is 0.303 e. The molecule has 1 aromatic heterocycles. The van der Waals surface area contributed by atoms with E-state index in [0.717, 1.165) is 16.9 Å². The molecule has 1 aliphatic rings. The van der Waals surface area contributed by atoms with E-state index in [9.17, 15) is 14.7 Å². The van der Waals surface area contributed by atoms with Crippen molar-refractivity contribution < 1.29 is 19.4 Å². The van der Waals surface area contributed by atoms with Gasteiger partial charge in [0, 0.05) is 25.9 Å². The van der Waals surface area contributed by atoms with Crippen molar-refractivity contribution in [3.05, 3.63) is 60.4 Å². The van der Waals surface area contributed by atoms with Gasteiger partial charge < -0.3 is 19.7 Å². The minimum Gasteiger partial charge on any atom is -0.484 e. The molecule has 0 saturated carbocycles. The third-order valence-electron chi connectivity index (χ3n) is 5.68. The number of aromatic amines is 1. The van der Waals surface area contributed by atoms with E-state index in [-0.39, 0.29) is 30.8 Å². The van der Waals surface area contributed by atoms with Crippen LogP contribution in [0.5, 0.6) is 5.75 Å². The molecule has 4 rings (SSSR count). The Balaban J connectivity index is 1.43. The van der Waals surface area contributed by atoms with Gasteiger partial charge in [0.15, 0.2) is 6.61 Å². The van der Waals surface area contributed by atoms with E-state index in [2.05, 4.69) is 9.97 Å². The molecule has 7 heteroatoms. The van der Waals surface area contributed by atoms with Crippen LogP contribution in [0.1, 0.15) is 18.7 Å². The SMILES string of the molecule is O=C(O)CC1CCN(C(=O)COc2ccccc2)CC1Cc1nc2ccccc2[nH]1. The molecule has 0 radical (unpaired) electrons. The summed E-state index contributed by atoms with van der Waals surface area (Å²) in [7, 11) is 0. The van der Waals surface area contributed by atoms with Crippen LogP contribution in [-0.2, 0) is 16.0 Å². The number of rotatable bonds is 7. The number of benzene rings is 2. The molecule has 0 bridgehead atoms. The molecule has 2 atom stereocenters. The van der Waals surface area contributed by atoms with Crippen molar-refractivity contribution in [1.29, 1.82) is 0 Å². The van der Waals surface area contributed by atoms with Gasteiger partial charge in [-0.05, 0) is 42.5 Å². The molecule has 2 unspecified atom stereocenters.